The second-order valence-electron chi connectivity index (χ2n) is 5.30. The minimum Gasteiger partial charge on any atom is -0.378 e. The number of hydrogen-bond donors (Lipinski definition) is 3. The van der Waals surface area contributed by atoms with Gasteiger partial charge in [0.2, 0.25) is 5.91 Å². The monoisotopic (exact) mass is 288 g/mol. The van der Waals surface area contributed by atoms with Gasteiger partial charge in [0.25, 0.3) is 0 Å². The van der Waals surface area contributed by atoms with Crippen LogP contribution in [0.2, 0.25) is 0 Å². The Balaban J connectivity index is 1.83. The third-order valence-electron chi connectivity index (χ3n) is 3.82. The molecule has 1 aromatic carbocycles. The van der Waals surface area contributed by atoms with Gasteiger partial charge in [0.1, 0.15) is 5.82 Å². The van der Waals surface area contributed by atoms with Crippen molar-refractivity contribution in [1.82, 2.24) is 10.2 Å². The fourth-order valence-electron chi connectivity index (χ4n) is 2.55. The Labute approximate surface area is 121 Å². The van der Waals surface area contributed by atoms with Crippen LogP contribution in [0, 0.1) is 19.7 Å². The molecule has 0 saturated heterocycles. The van der Waals surface area contributed by atoms with Gasteiger partial charge in [-0.2, -0.15) is 5.10 Å². The van der Waals surface area contributed by atoms with Crippen molar-refractivity contribution in [3.63, 3.8) is 0 Å². The molecule has 0 radical (unpaired) electrons. The van der Waals surface area contributed by atoms with Crippen LogP contribution in [0.4, 0.5) is 15.8 Å². The average molecular weight is 288 g/mol. The summed E-state index contributed by atoms with van der Waals surface area (Å²) in [5, 5.41) is 12.9. The van der Waals surface area contributed by atoms with Gasteiger partial charge < -0.3 is 10.6 Å². The molecule has 3 N–H and O–H groups in total. The van der Waals surface area contributed by atoms with E-state index in [0.29, 0.717) is 30.8 Å². The van der Waals surface area contributed by atoms with E-state index in [0.717, 1.165) is 22.5 Å². The number of benzene rings is 1. The molecule has 1 aliphatic heterocycles. The van der Waals surface area contributed by atoms with Crippen molar-refractivity contribution in [2.24, 2.45) is 0 Å². The van der Waals surface area contributed by atoms with Gasteiger partial charge in [0.15, 0.2) is 0 Å². The largest absolute Gasteiger partial charge is 0.378 e. The number of nitrogens with zero attached hydrogens (tertiary/aromatic N) is 1. The summed E-state index contributed by atoms with van der Waals surface area (Å²) in [5.74, 6) is -0.328. The first-order chi connectivity index (χ1) is 10.0. The zero-order valence-corrected chi connectivity index (χ0v) is 12.0. The van der Waals surface area contributed by atoms with Gasteiger partial charge in [-0.15, -0.1) is 0 Å². The molecule has 2 heterocycles. The highest BCUT2D eigenvalue weighted by atomic mass is 19.1. The molecule has 0 saturated carbocycles. The lowest BCUT2D eigenvalue weighted by Gasteiger charge is -2.19. The maximum atomic E-state index is 14.1. The summed E-state index contributed by atoms with van der Waals surface area (Å²) in [6.07, 6.45) is 0.991. The van der Waals surface area contributed by atoms with Crippen LogP contribution in [0.1, 0.15) is 28.9 Å². The van der Waals surface area contributed by atoms with Crippen molar-refractivity contribution in [3.8, 4) is 0 Å². The van der Waals surface area contributed by atoms with Crippen molar-refractivity contribution in [1.29, 1.82) is 0 Å². The molecule has 3 rings (SSSR count). The van der Waals surface area contributed by atoms with Crippen molar-refractivity contribution >= 4 is 17.3 Å². The molecule has 1 amide bonds. The summed E-state index contributed by atoms with van der Waals surface area (Å²) < 4.78 is 14.1. The van der Waals surface area contributed by atoms with Crippen molar-refractivity contribution in [2.45, 2.75) is 33.2 Å². The van der Waals surface area contributed by atoms with Gasteiger partial charge in [-0.25, -0.2) is 4.39 Å². The first-order valence-corrected chi connectivity index (χ1v) is 6.91. The Hall–Kier alpha value is -2.37. The lowest BCUT2D eigenvalue weighted by atomic mass is 10.0. The Morgan fingerprint density at radius 3 is 2.86 bits per heavy atom. The van der Waals surface area contributed by atoms with E-state index < -0.39 is 0 Å². The molecular formula is C15H17FN4O. The van der Waals surface area contributed by atoms with E-state index >= 15 is 0 Å². The molecule has 2 aromatic rings. The van der Waals surface area contributed by atoms with Crippen LogP contribution in [0.15, 0.2) is 12.1 Å². The van der Waals surface area contributed by atoms with Gasteiger partial charge in [-0.05, 0) is 38.0 Å². The molecule has 1 aromatic heterocycles. The van der Waals surface area contributed by atoms with Gasteiger partial charge in [0, 0.05) is 29.9 Å². The Morgan fingerprint density at radius 2 is 2.14 bits per heavy atom. The molecule has 0 fully saturated rings. The third kappa shape index (κ3) is 2.61. The molecule has 5 nitrogen and oxygen atoms in total. The van der Waals surface area contributed by atoms with Crippen molar-refractivity contribution in [3.05, 3.63) is 40.5 Å². The molecule has 21 heavy (non-hydrogen) atoms. The summed E-state index contributed by atoms with van der Waals surface area (Å²) in [6.45, 7) is 4.32. The summed E-state index contributed by atoms with van der Waals surface area (Å²) in [4.78, 5) is 11.4. The van der Waals surface area contributed by atoms with Crippen LogP contribution >= 0.6 is 0 Å². The standard InChI is InChI=1S/C15H17FN4O/c1-8-11(9(2)20-19-8)7-17-14-6-13-10(5-12(14)16)3-4-15(21)18-13/h5-6,17H,3-4,7H2,1-2H3,(H,18,21)(H,19,20). The maximum Gasteiger partial charge on any atom is 0.224 e. The number of carbonyl (C=O) groups is 1. The minimum atomic E-state index is -0.302. The molecule has 6 heteroatoms. The maximum absolute atomic E-state index is 14.1. The van der Waals surface area contributed by atoms with Crippen LogP contribution in [0.5, 0.6) is 0 Å². The first kappa shape index (κ1) is 13.6. The first-order valence-electron chi connectivity index (χ1n) is 6.91. The number of carbonyl (C=O) groups excluding carboxylic acids is 1. The number of halogens is 1. The predicted octanol–water partition coefficient (Wildman–Crippen LogP) is 2.66. The molecule has 0 bridgehead atoms. The number of H-pyrrole nitrogens is 1. The summed E-state index contributed by atoms with van der Waals surface area (Å²) in [5.41, 5.74) is 4.80. The number of aromatic nitrogens is 2. The van der Waals surface area contributed by atoms with Crippen LogP contribution in [0.3, 0.4) is 0 Å². The lowest BCUT2D eigenvalue weighted by Crippen LogP contribution is -2.19. The minimum absolute atomic E-state index is 0.0263. The summed E-state index contributed by atoms with van der Waals surface area (Å²) in [7, 11) is 0. The normalized spacial score (nSPS) is 13.8. The lowest BCUT2D eigenvalue weighted by molar-refractivity contribution is -0.116. The van der Waals surface area contributed by atoms with E-state index in [1.165, 1.54) is 6.07 Å². The van der Waals surface area contributed by atoms with Crippen LogP contribution < -0.4 is 10.6 Å². The van der Waals surface area contributed by atoms with E-state index in [4.69, 9.17) is 0 Å². The molecule has 0 aliphatic carbocycles. The second kappa shape index (κ2) is 5.20. The zero-order valence-electron chi connectivity index (χ0n) is 12.0. The molecule has 0 spiro atoms. The zero-order chi connectivity index (χ0) is 15.0. The smallest absolute Gasteiger partial charge is 0.224 e. The molecule has 0 atom stereocenters. The fraction of sp³-hybridized carbons (Fsp3) is 0.333. The molecule has 0 unspecified atom stereocenters. The quantitative estimate of drug-likeness (QED) is 0.813. The highest BCUT2D eigenvalue weighted by Gasteiger charge is 2.17. The number of amides is 1. The van der Waals surface area contributed by atoms with E-state index in [9.17, 15) is 9.18 Å². The molecule has 110 valence electrons. The summed E-state index contributed by atoms with van der Waals surface area (Å²) >= 11 is 0. The third-order valence-corrected chi connectivity index (χ3v) is 3.82. The van der Waals surface area contributed by atoms with E-state index in [1.54, 1.807) is 6.07 Å². The topological polar surface area (TPSA) is 69.8 Å². The van der Waals surface area contributed by atoms with E-state index in [-0.39, 0.29) is 11.7 Å². The van der Waals surface area contributed by atoms with Gasteiger partial charge >= 0.3 is 0 Å². The number of nitrogens with one attached hydrogen (secondary N) is 3. The summed E-state index contributed by atoms with van der Waals surface area (Å²) in [6, 6.07) is 3.15. The fourth-order valence-corrected chi connectivity index (χ4v) is 2.55. The number of aromatic amines is 1. The van der Waals surface area contributed by atoms with Crippen LogP contribution in [0.25, 0.3) is 0 Å². The van der Waals surface area contributed by atoms with Crippen molar-refractivity contribution < 1.29 is 9.18 Å². The van der Waals surface area contributed by atoms with E-state index in [1.807, 2.05) is 13.8 Å². The highest BCUT2D eigenvalue weighted by molar-refractivity contribution is 5.94. The SMILES string of the molecule is Cc1n[nH]c(C)c1CNc1cc2c(cc1F)CCC(=O)N2. The van der Waals surface area contributed by atoms with Gasteiger partial charge in [-0.3, -0.25) is 9.89 Å². The number of fused-ring (bicyclic) bond motifs is 1. The second-order valence-corrected chi connectivity index (χ2v) is 5.30. The average Bonchev–Trinajstić information content (AvgIpc) is 2.76. The van der Waals surface area contributed by atoms with Gasteiger partial charge in [-0.1, -0.05) is 0 Å². The Morgan fingerprint density at radius 1 is 1.33 bits per heavy atom. The number of anilines is 2. The molecule has 1 aliphatic rings. The van der Waals surface area contributed by atoms with Crippen LogP contribution in [-0.2, 0) is 17.8 Å². The highest BCUT2D eigenvalue weighted by Crippen LogP contribution is 2.29. The predicted molar refractivity (Wildman–Crippen MR) is 78.7 cm³/mol. The number of rotatable bonds is 3. The van der Waals surface area contributed by atoms with Crippen molar-refractivity contribution in [2.75, 3.05) is 10.6 Å². The van der Waals surface area contributed by atoms with Gasteiger partial charge in [0.05, 0.1) is 11.4 Å². The number of aryl methyl sites for hydroxylation is 3. The van der Waals surface area contributed by atoms with Crippen LogP contribution in [-0.4, -0.2) is 16.1 Å². The Kier molecular flexibility index (Phi) is 3.37. The molecular weight excluding hydrogens is 271 g/mol. The number of hydrogen-bond acceptors (Lipinski definition) is 3. The van der Waals surface area contributed by atoms with E-state index in [2.05, 4.69) is 20.8 Å². The Bertz CT molecular complexity index is 688.